The van der Waals surface area contributed by atoms with E-state index in [4.69, 9.17) is 5.11 Å². The van der Waals surface area contributed by atoms with Crippen LogP contribution in [0.2, 0.25) is 0 Å². The summed E-state index contributed by atoms with van der Waals surface area (Å²) in [6.45, 7) is 3.22. The van der Waals surface area contributed by atoms with Crippen LogP contribution in [0.25, 0.3) is 0 Å². The van der Waals surface area contributed by atoms with Crippen molar-refractivity contribution in [3.63, 3.8) is 0 Å². The number of piperidine rings is 1. The molecule has 1 amide bonds. The second kappa shape index (κ2) is 5.78. The number of carbonyl (C=O) groups is 2. The first-order chi connectivity index (χ1) is 8.58. The molecule has 0 aromatic heterocycles. The number of carboxylic acids is 1. The van der Waals surface area contributed by atoms with Gasteiger partial charge in [-0.25, -0.2) is 4.79 Å². The zero-order chi connectivity index (χ0) is 13.1. The Balaban J connectivity index is 1.90. The minimum atomic E-state index is -0.754. The van der Waals surface area contributed by atoms with Crippen molar-refractivity contribution in [2.75, 3.05) is 13.1 Å². The third kappa shape index (κ3) is 3.07. The summed E-state index contributed by atoms with van der Waals surface area (Å²) < 4.78 is 0. The molecule has 1 heterocycles. The van der Waals surface area contributed by atoms with Crippen LogP contribution in [-0.4, -0.2) is 40.2 Å². The number of rotatable bonds is 3. The van der Waals surface area contributed by atoms with Crippen molar-refractivity contribution in [1.82, 2.24) is 4.90 Å². The molecular weight excluding hydrogens is 250 g/mol. The summed E-state index contributed by atoms with van der Waals surface area (Å²) in [5.74, 6) is -0.610. The number of aliphatic carboxylic acids is 1. The van der Waals surface area contributed by atoms with Crippen molar-refractivity contribution in [2.45, 2.75) is 44.3 Å². The van der Waals surface area contributed by atoms with Gasteiger partial charge in [-0.3, -0.25) is 4.79 Å². The third-order valence-electron chi connectivity index (χ3n) is 3.62. The van der Waals surface area contributed by atoms with Crippen LogP contribution in [0.4, 0.5) is 0 Å². The van der Waals surface area contributed by atoms with Gasteiger partial charge in [0.05, 0.1) is 0 Å². The lowest BCUT2D eigenvalue weighted by molar-refractivity contribution is -0.133. The summed E-state index contributed by atoms with van der Waals surface area (Å²) in [6.07, 6.45) is 4.54. The average molecular weight is 269 g/mol. The second-order valence-electron chi connectivity index (χ2n) is 4.88. The molecule has 1 aliphatic carbocycles. The number of hydrogen-bond donors (Lipinski definition) is 1. The summed E-state index contributed by atoms with van der Waals surface area (Å²) in [4.78, 5) is 25.2. The Bertz CT molecular complexity index is 384. The number of hydrogen-bond acceptors (Lipinski definition) is 3. The maximum absolute atomic E-state index is 11.2. The minimum Gasteiger partial charge on any atom is -0.478 e. The van der Waals surface area contributed by atoms with Gasteiger partial charge < -0.3 is 10.0 Å². The number of nitrogens with zero attached hydrogens (tertiary/aromatic N) is 1. The first-order valence-corrected chi connectivity index (χ1v) is 7.33. The van der Waals surface area contributed by atoms with E-state index in [1.807, 2.05) is 4.90 Å². The van der Waals surface area contributed by atoms with Crippen molar-refractivity contribution in [1.29, 1.82) is 0 Å². The summed E-state index contributed by atoms with van der Waals surface area (Å²) >= 11 is 1.74. The third-order valence-corrected chi connectivity index (χ3v) is 5.16. The van der Waals surface area contributed by atoms with Crippen LogP contribution in [0.1, 0.15) is 39.0 Å². The Kier molecular flexibility index (Phi) is 4.32. The predicted molar refractivity (Wildman–Crippen MR) is 71.4 cm³/mol. The van der Waals surface area contributed by atoms with Crippen LogP contribution in [0, 0.1) is 0 Å². The number of allylic oxidation sites excluding steroid dienone is 1. The Morgan fingerprint density at radius 3 is 2.50 bits per heavy atom. The molecule has 0 atom stereocenters. The van der Waals surface area contributed by atoms with Crippen molar-refractivity contribution >= 4 is 23.6 Å². The van der Waals surface area contributed by atoms with Crippen LogP contribution in [0.3, 0.4) is 0 Å². The van der Waals surface area contributed by atoms with Gasteiger partial charge in [0.2, 0.25) is 5.91 Å². The molecule has 0 spiro atoms. The standard InChI is InChI=1S/C13H19NO3S/c1-9(15)14-7-5-10(6-8-14)18-12-4-2-3-11(12)13(16)17/h10H,2-8H2,1H3,(H,16,17). The van der Waals surface area contributed by atoms with Gasteiger partial charge >= 0.3 is 5.97 Å². The summed E-state index contributed by atoms with van der Waals surface area (Å²) in [5, 5.41) is 9.58. The molecule has 18 heavy (non-hydrogen) atoms. The lowest BCUT2D eigenvalue weighted by Crippen LogP contribution is -2.37. The van der Waals surface area contributed by atoms with Gasteiger partial charge in [0.1, 0.15) is 0 Å². The molecule has 2 aliphatic rings. The quantitative estimate of drug-likeness (QED) is 0.853. The largest absolute Gasteiger partial charge is 0.478 e. The van der Waals surface area contributed by atoms with E-state index in [0.717, 1.165) is 43.7 Å². The number of carboxylic acid groups (broad SMARTS) is 1. The Hall–Kier alpha value is -0.970. The van der Waals surface area contributed by atoms with Gasteiger partial charge in [0.25, 0.3) is 0 Å². The van der Waals surface area contributed by atoms with E-state index in [2.05, 4.69) is 0 Å². The summed E-state index contributed by atoms with van der Waals surface area (Å²) in [6, 6.07) is 0. The van der Waals surface area contributed by atoms with E-state index in [9.17, 15) is 9.59 Å². The van der Waals surface area contributed by atoms with Gasteiger partial charge in [-0.2, -0.15) is 0 Å². The van der Waals surface area contributed by atoms with Crippen LogP contribution in [-0.2, 0) is 9.59 Å². The van der Waals surface area contributed by atoms with Crippen LogP contribution in [0.15, 0.2) is 10.5 Å². The predicted octanol–water partition coefficient (Wildman–Crippen LogP) is 2.25. The molecule has 1 aliphatic heterocycles. The maximum Gasteiger partial charge on any atom is 0.332 e. The SMILES string of the molecule is CC(=O)N1CCC(SC2=C(C(=O)O)CCC2)CC1. The highest BCUT2D eigenvalue weighted by Crippen LogP contribution is 2.39. The average Bonchev–Trinajstić information content (AvgIpc) is 2.78. The molecule has 1 fully saturated rings. The van der Waals surface area contributed by atoms with E-state index in [1.54, 1.807) is 18.7 Å². The highest BCUT2D eigenvalue weighted by Gasteiger charge is 2.26. The zero-order valence-electron chi connectivity index (χ0n) is 10.6. The molecule has 0 unspecified atom stereocenters. The zero-order valence-corrected chi connectivity index (χ0v) is 11.5. The molecule has 1 N–H and O–H groups in total. The monoisotopic (exact) mass is 269 g/mol. The van der Waals surface area contributed by atoms with E-state index >= 15 is 0 Å². The molecule has 5 heteroatoms. The fraction of sp³-hybridized carbons (Fsp3) is 0.692. The van der Waals surface area contributed by atoms with E-state index in [0.29, 0.717) is 17.2 Å². The second-order valence-corrected chi connectivity index (χ2v) is 6.28. The Labute approximate surface area is 111 Å². The van der Waals surface area contributed by atoms with E-state index in [1.165, 1.54) is 0 Å². The molecule has 0 bridgehead atoms. The normalized spacial score (nSPS) is 21.5. The van der Waals surface area contributed by atoms with Crippen molar-refractivity contribution < 1.29 is 14.7 Å². The summed E-state index contributed by atoms with van der Waals surface area (Å²) in [7, 11) is 0. The molecule has 1 saturated heterocycles. The molecule has 0 radical (unpaired) electrons. The molecule has 0 aromatic rings. The number of carbonyl (C=O) groups excluding carboxylic acids is 1. The van der Waals surface area contributed by atoms with Crippen LogP contribution >= 0.6 is 11.8 Å². The van der Waals surface area contributed by atoms with Gasteiger partial charge in [-0.15, -0.1) is 11.8 Å². The lowest BCUT2D eigenvalue weighted by atomic mass is 10.1. The highest BCUT2D eigenvalue weighted by atomic mass is 32.2. The fourth-order valence-electron chi connectivity index (χ4n) is 2.56. The Morgan fingerprint density at radius 2 is 1.94 bits per heavy atom. The molecule has 100 valence electrons. The Morgan fingerprint density at radius 1 is 1.28 bits per heavy atom. The van der Waals surface area contributed by atoms with Crippen molar-refractivity contribution in [2.24, 2.45) is 0 Å². The van der Waals surface area contributed by atoms with E-state index in [-0.39, 0.29) is 5.91 Å². The molecule has 4 nitrogen and oxygen atoms in total. The maximum atomic E-state index is 11.2. The van der Waals surface area contributed by atoms with Crippen LogP contribution < -0.4 is 0 Å². The lowest BCUT2D eigenvalue weighted by Gasteiger charge is -2.31. The molecule has 0 aromatic carbocycles. The van der Waals surface area contributed by atoms with Crippen molar-refractivity contribution in [3.8, 4) is 0 Å². The minimum absolute atomic E-state index is 0.143. The molecule has 2 rings (SSSR count). The van der Waals surface area contributed by atoms with Gasteiger partial charge in [0.15, 0.2) is 0 Å². The first-order valence-electron chi connectivity index (χ1n) is 6.45. The number of amides is 1. The smallest absolute Gasteiger partial charge is 0.332 e. The topological polar surface area (TPSA) is 57.6 Å². The van der Waals surface area contributed by atoms with Crippen molar-refractivity contribution in [3.05, 3.63) is 10.5 Å². The van der Waals surface area contributed by atoms with Gasteiger partial charge in [0, 0.05) is 30.8 Å². The number of likely N-dealkylation sites (tertiary alicyclic amines) is 1. The van der Waals surface area contributed by atoms with Crippen LogP contribution in [0.5, 0.6) is 0 Å². The first kappa shape index (κ1) is 13.5. The summed E-state index contributed by atoms with van der Waals surface area (Å²) in [5.41, 5.74) is 0.619. The van der Waals surface area contributed by atoms with E-state index < -0.39 is 5.97 Å². The highest BCUT2D eigenvalue weighted by molar-refractivity contribution is 8.03. The number of thioether (sulfide) groups is 1. The molecule has 0 saturated carbocycles. The fourth-order valence-corrected chi connectivity index (χ4v) is 4.00. The molecular formula is C13H19NO3S. The van der Waals surface area contributed by atoms with Gasteiger partial charge in [-0.05, 0) is 37.0 Å². The van der Waals surface area contributed by atoms with Gasteiger partial charge in [-0.1, -0.05) is 0 Å².